The average Bonchev–Trinajstić information content (AvgIpc) is 3.21. The second-order valence-corrected chi connectivity index (χ2v) is 7.16. The molecule has 8 heteroatoms. The van der Waals surface area contributed by atoms with Gasteiger partial charge in [-0.05, 0) is 24.1 Å². The number of rotatable bonds is 9. The van der Waals surface area contributed by atoms with E-state index >= 15 is 0 Å². The molecule has 1 aliphatic rings. The first-order chi connectivity index (χ1) is 14.1. The normalized spacial score (nSPS) is 15.3. The molecule has 1 N–H and O–H groups in total. The van der Waals surface area contributed by atoms with Crippen LogP contribution < -0.4 is 14.8 Å². The van der Waals surface area contributed by atoms with E-state index in [1.165, 1.54) is 11.8 Å². The van der Waals surface area contributed by atoms with Gasteiger partial charge in [0.2, 0.25) is 5.89 Å². The number of hydrogen-bond donors (Lipinski definition) is 1. The molecule has 1 fully saturated rings. The van der Waals surface area contributed by atoms with E-state index in [1.54, 1.807) is 14.2 Å². The van der Waals surface area contributed by atoms with Crippen LogP contribution in [0.15, 0.2) is 28.9 Å². The number of nitrogens with one attached hydrogen (secondary N) is 1. The monoisotopic (exact) mass is 402 g/mol. The molecule has 0 saturated carbocycles. The van der Waals surface area contributed by atoms with Crippen molar-refractivity contribution in [2.45, 2.75) is 26.4 Å². The number of oxazole rings is 1. The fourth-order valence-electron chi connectivity index (χ4n) is 3.33. The summed E-state index contributed by atoms with van der Waals surface area (Å²) in [6.07, 6.45) is 2.33. The van der Waals surface area contributed by atoms with Crippen molar-refractivity contribution in [3.63, 3.8) is 0 Å². The zero-order valence-electron chi connectivity index (χ0n) is 17.4. The second-order valence-electron chi connectivity index (χ2n) is 7.16. The van der Waals surface area contributed by atoms with E-state index in [-0.39, 0.29) is 5.91 Å². The Kier molecular flexibility index (Phi) is 7.48. The van der Waals surface area contributed by atoms with E-state index < -0.39 is 0 Å². The van der Waals surface area contributed by atoms with Crippen LogP contribution in [0.5, 0.6) is 11.5 Å². The summed E-state index contributed by atoms with van der Waals surface area (Å²) in [6, 6.07) is 5.98. The van der Waals surface area contributed by atoms with E-state index in [1.807, 2.05) is 25.1 Å². The highest BCUT2D eigenvalue weighted by Crippen LogP contribution is 2.23. The van der Waals surface area contributed by atoms with Crippen molar-refractivity contribution in [3.05, 3.63) is 41.6 Å². The van der Waals surface area contributed by atoms with Gasteiger partial charge in [0.05, 0.1) is 20.8 Å². The first-order valence-corrected chi connectivity index (χ1v) is 10.0. The van der Waals surface area contributed by atoms with E-state index in [0.29, 0.717) is 24.7 Å². The van der Waals surface area contributed by atoms with Crippen LogP contribution >= 0.6 is 0 Å². The molecule has 2 heterocycles. The minimum Gasteiger partial charge on any atom is -0.497 e. The zero-order valence-corrected chi connectivity index (χ0v) is 17.4. The van der Waals surface area contributed by atoms with E-state index in [4.69, 9.17) is 13.9 Å². The maximum atomic E-state index is 11.9. The first-order valence-electron chi connectivity index (χ1n) is 10.0. The number of nitrogens with zero attached hydrogens (tertiary/aromatic N) is 3. The molecule has 1 aromatic carbocycles. The van der Waals surface area contributed by atoms with Gasteiger partial charge in [0.15, 0.2) is 5.69 Å². The lowest BCUT2D eigenvalue weighted by Crippen LogP contribution is -2.45. The van der Waals surface area contributed by atoms with E-state index in [9.17, 15) is 4.79 Å². The van der Waals surface area contributed by atoms with Crippen molar-refractivity contribution < 1.29 is 18.7 Å². The van der Waals surface area contributed by atoms with Gasteiger partial charge in [-0.15, -0.1) is 0 Å². The molecular formula is C21H30N4O4. The molecule has 0 aliphatic carbocycles. The topological polar surface area (TPSA) is 80.1 Å². The third-order valence-corrected chi connectivity index (χ3v) is 4.96. The van der Waals surface area contributed by atoms with Gasteiger partial charge in [0.25, 0.3) is 5.91 Å². The van der Waals surface area contributed by atoms with Crippen LogP contribution in [0.2, 0.25) is 0 Å². The van der Waals surface area contributed by atoms with E-state index in [2.05, 4.69) is 20.1 Å². The van der Waals surface area contributed by atoms with Crippen molar-refractivity contribution in [1.82, 2.24) is 20.1 Å². The highest BCUT2D eigenvalue weighted by Gasteiger charge is 2.20. The van der Waals surface area contributed by atoms with Crippen molar-refractivity contribution in [1.29, 1.82) is 0 Å². The number of piperazine rings is 1. The van der Waals surface area contributed by atoms with Crippen molar-refractivity contribution in [2.24, 2.45) is 0 Å². The molecule has 1 aliphatic heterocycles. The van der Waals surface area contributed by atoms with Crippen LogP contribution in [-0.4, -0.2) is 67.6 Å². The molecule has 0 unspecified atom stereocenters. The molecular weight excluding hydrogens is 372 g/mol. The molecule has 1 saturated heterocycles. The van der Waals surface area contributed by atoms with Crippen LogP contribution in [0, 0.1) is 0 Å². The summed E-state index contributed by atoms with van der Waals surface area (Å²) < 4.78 is 16.2. The molecule has 0 spiro atoms. The van der Waals surface area contributed by atoms with E-state index in [0.717, 1.165) is 50.6 Å². The highest BCUT2D eigenvalue weighted by molar-refractivity contribution is 5.91. The van der Waals surface area contributed by atoms with Crippen LogP contribution in [0.1, 0.15) is 35.3 Å². The molecule has 29 heavy (non-hydrogen) atoms. The maximum absolute atomic E-state index is 11.9. The minimum absolute atomic E-state index is 0.180. The third-order valence-electron chi connectivity index (χ3n) is 4.96. The van der Waals surface area contributed by atoms with Crippen molar-refractivity contribution >= 4 is 5.91 Å². The molecule has 0 atom stereocenters. The Hall–Kier alpha value is -2.58. The number of carbonyl (C=O) groups is 1. The average molecular weight is 402 g/mol. The Bertz CT molecular complexity index is 777. The first kappa shape index (κ1) is 21.1. The molecule has 8 nitrogen and oxygen atoms in total. The molecule has 1 aromatic heterocycles. The van der Waals surface area contributed by atoms with Gasteiger partial charge >= 0.3 is 0 Å². The van der Waals surface area contributed by atoms with Gasteiger partial charge in [-0.2, -0.15) is 0 Å². The smallest absolute Gasteiger partial charge is 0.273 e. The zero-order chi connectivity index (χ0) is 20.6. The molecule has 158 valence electrons. The Morgan fingerprint density at radius 1 is 1.07 bits per heavy atom. The lowest BCUT2D eigenvalue weighted by Gasteiger charge is -2.34. The van der Waals surface area contributed by atoms with Gasteiger partial charge in [-0.25, -0.2) is 4.98 Å². The Labute approximate surface area is 171 Å². The summed E-state index contributed by atoms with van der Waals surface area (Å²) in [7, 11) is 3.33. The predicted octanol–water partition coefficient (Wildman–Crippen LogP) is 2.15. The quantitative estimate of drug-likeness (QED) is 0.688. The number of methoxy groups -OCH3 is 2. The van der Waals surface area contributed by atoms with Crippen LogP contribution in [0.3, 0.4) is 0 Å². The van der Waals surface area contributed by atoms with Gasteiger partial charge in [0, 0.05) is 45.3 Å². The maximum Gasteiger partial charge on any atom is 0.273 e. The Balaban J connectivity index is 1.48. The predicted molar refractivity (Wildman–Crippen MR) is 109 cm³/mol. The van der Waals surface area contributed by atoms with Crippen LogP contribution in [0.4, 0.5) is 0 Å². The minimum atomic E-state index is -0.180. The summed E-state index contributed by atoms with van der Waals surface area (Å²) in [4.78, 5) is 21.0. The standard InChI is InChI=1S/C21H30N4O4/c1-4-5-22-21(26)19-15-29-20(23-19)14-25-8-6-24(7-9-25)13-16-10-17(27-2)12-18(11-16)28-3/h10-12,15H,4-9,13-14H2,1-3H3,(H,22,26). The lowest BCUT2D eigenvalue weighted by atomic mass is 10.1. The summed E-state index contributed by atoms with van der Waals surface area (Å²) in [5, 5.41) is 2.81. The number of hydrogen-bond acceptors (Lipinski definition) is 7. The van der Waals surface area contributed by atoms with Gasteiger partial charge in [-0.1, -0.05) is 6.92 Å². The van der Waals surface area contributed by atoms with Crippen LogP contribution in [0.25, 0.3) is 0 Å². The second kappa shape index (κ2) is 10.3. The van der Waals surface area contributed by atoms with Crippen LogP contribution in [-0.2, 0) is 13.1 Å². The summed E-state index contributed by atoms with van der Waals surface area (Å²) in [6.45, 7) is 7.85. The molecule has 0 bridgehead atoms. The number of amides is 1. The Morgan fingerprint density at radius 3 is 2.28 bits per heavy atom. The Morgan fingerprint density at radius 2 is 1.69 bits per heavy atom. The number of carbonyl (C=O) groups excluding carboxylic acids is 1. The van der Waals surface area contributed by atoms with Gasteiger partial charge in [0.1, 0.15) is 17.8 Å². The van der Waals surface area contributed by atoms with Gasteiger partial charge in [-0.3, -0.25) is 14.6 Å². The number of ether oxygens (including phenoxy) is 2. The molecule has 0 radical (unpaired) electrons. The largest absolute Gasteiger partial charge is 0.497 e. The summed E-state index contributed by atoms with van der Waals surface area (Å²) >= 11 is 0. The van der Waals surface area contributed by atoms with Crippen molar-refractivity contribution in [3.8, 4) is 11.5 Å². The molecule has 3 rings (SSSR count). The number of aromatic nitrogens is 1. The SMILES string of the molecule is CCCNC(=O)c1coc(CN2CCN(Cc3cc(OC)cc(OC)c3)CC2)n1. The van der Waals surface area contributed by atoms with Gasteiger partial charge < -0.3 is 19.2 Å². The summed E-state index contributed by atoms with van der Waals surface area (Å²) in [5.74, 6) is 2.01. The number of benzene rings is 1. The highest BCUT2D eigenvalue weighted by atomic mass is 16.5. The van der Waals surface area contributed by atoms with Crippen molar-refractivity contribution in [2.75, 3.05) is 46.9 Å². The molecule has 1 amide bonds. The third kappa shape index (κ3) is 5.95. The fraction of sp³-hybridized carbons (Fsp3) is 0.524. The molecule has 2 aromatic rings. The lowest BCUT2D eigenvalue weighted by molar-refractivity contribution is 0.0948. The summed E-state index contributed by atoms with van der Waals surface area (Å²) in [5.41, 5.74) is 1.52. The fourth-order valence-corrected chi connectivity index (χ4v) is 3.33.